The van der Waals surface area contributed by atoms with E-state index in [1.54, 1.807) is 23.1 Å². The summed E-state index contributed by atoms with van der Waals surface area (Å²) >= 11 is 6.22. The summed E-state index contributed by atoms with van der Waals surface area (Å²) < 4.78 is 1.64. The molecule has 2 aliphatic rings. The number of likely N-dealkylation sites (tertiary alicyclic amines) is 2. The molecule has 0 unspecified atom stereocenters. The second-order valence-electron chi connectivity index (χ2n) is 7.66. The van der Waals surface area contributed by atoms with E-state index in [0.29, 0.717) is 22.9 Å². The maximum atomic E-state index is 12.9. The van der Waals surface area contributed by atoms with Crippen LogP contribution in [0.3, 0.4) is 0 Å². The van der Waals surface area contributed by atoms with E-state index in [-0.39, 0.29) is 11.8 Å². The number of carbonyl (C=O) groups is 2. The second kappa shape index (κ2) is 8.35. The van der Waals surface area contributed by atoms with Crippen LogP contribution in [0.5, 0.6) is 0 Å². The predicted molar refractivity (Wildman–Crippen MR) is 108 cm³/mol. The highest BCUT2D eigenvalue weighted by Gasteiger charge is 2.27. The van der Waals surface area contributed by atoms with Gasteiger partial charge in [0, 0.05) is 38.8 Å². The van der Waals surface area contributed by atoms with Crippen molar-refractivity contribution in [2.75, 3.05) is 26.2 Å². The number of nitrogens with zero attached hydrogens (tertiary/aromatic N) is 4. The van der Waals surface area contributed by atoms with Gasteiger partial charge < -0.3 is 9.80 Å². The van der Waals surface area contributed by atoms with Crippen LogP contribution in [0.25, 0.3) is 5.69 Å². The maximum absolute atomic E-state index is 12.9. The number of hydrogen-bond donors (Lipinski definition) is 0. The van der Waals surface area contributed by atoms with Crippen molar-refractivity contribution in [3.05, 3.63) is 47.2 Å². The van der Waals surface area contributed by atoms with Gasteiger partial charge in [-0.05, 0) is 43.7 Å². The van der Waals surface area contributed by atoms with E-state index in [9.17, 15) is 9.59 Å². The van der Waals surface area contributed by atoms with Crippen molar-refractivity contribution < 1.29 is 9.59 Å². The van der Waals surface area contributed by atoms with Crippen molar-refractivity contribution in [2.45, 2.75) is 32.1 Å². The first-order valence-corrected chi connectivity index (χ1v) is 10.4. The van der Waals surface area contributed by atoms with Gasteiger partial charge in [0.15, 0.2) is 0 Å². The van der Waals surface area contributed by atoms with Crippen LogP contribution >= 0.6 is 11.6 Å². The number of amides is 2. The lowest BCUT2D eigenvalue weighted by molar-refractivity contribution is -0.134. The fourth-order valence-corrected chi connectivity index (χ4v) is 4.29. The lowest BCUT2D eigenvalue weighted by Gasteiger charge is -2.36. The lowest BCUT2D eigenvalue weighted by Crippen LogP contribution is -2.44. The van der Waals surface area contributed by atoms with E-state index < -0.39 is 0 Å². The molecule has 2 amide bonds. The zero-order valence-corrected chi connectivity index (χ0v) is 16.6. The van der Waals surface area contributed by atoms with Crippen LogP contribution in [0.4, 0.5) is 0 Å². The Hall–Kier alpha value is -2.34. The molecule has 1 aromatic carbocycles. The molecule has 0 aliphatic carbocycles. The second-order valence-corrected chi connectivity index (χ2v) is 8.06. The van der Waals surface area contributed by atoms with Gasteiger partial charge in [0.2, 0.25) is 5.91 Å². The largest absolute Gasteiger partial charge is 0.342 e. The van der Waals surface area contributed by atoms with Crippen LogP contribution in [0.2, 0.25) is 5.02 Å². The van der Waals surface area contributed by atoms with Crippen LogP contribution < -0.4 is 0 Å². The van der Waals surface area contributed by atoms with Gasteiger partial charge in [-0.3, -0.25) is 9.59 Å². The minimum Gasteiger partial charge on any atom is -0.342 e. The SMILES string of the molecule is O=C1CCCCN1CC1CCN(C(=O)c2cnn(-c3ccccc3Cl)c2)CC1. The summed E-state index contributed by atoms with van der Waals surface area (Å²) in [5, 5.41) is 4.90. The number of hydrogen-bond acceptors (Lipinski definition) is 3. The quantitative estimate of drug-likeness (QED) is 0.790. The molecule has 3 heterocycles. The maximum Gasteiger partial charge on any atom is 0.257 e. The summed E-state index contributed by atoms with van der Waals surface area (Å²) in [5.41, 5.74) is 1.33. The molecule has 4 rings (SSSR count). The summed E-state index contributed by atoms with van der Waals surface area (Å²) in [7, 11) is 0. The summed E-state index contributed by atoms with van der Waals surface area (Å²) in [4.78, 5) is 28.8. The lowest BCUT2D eigenvalue weighted by atomic mass is 9.95. The minimum absolute atomic E-state index is 0.00537. The smallest absolute Gasteiger partial charge is 0.257 e. The molecule has 1 aromatic heterocycles. The first kappa shape index (κ1) is 19.0. The average molecular weight is 401 g/mol. The van der Waals surface area contributed by atoms with Gasteiger partial charge in [0.05, 0.1) is 22.5 Å². The van der Waals surface area contributed by atoms with Crippen LogP contribution in [0.15, 0.2) is 36.7 Å². The number of carbonyl (C=O) groups excluding carboxylic acids is 2. The average Bonchev–Trinajstić information content (AvgIpc) is 3.20. The Kier molecular flexibility index (Phi) is 5.67. The standard InChI is InChI=1S/C21H25ClN4O2/c22-18-5-1-2-6-19(18)26-15-17(13-23-26)21(28)24-11-8-16(9-12-24)14-25-10-4-3-7-20(25)27/h1-2,5-6,13,15-16H,3-4,7-12,14H2. The third-order valence-electron chi connectivity index (χ3n) is 5.73. The topological polar surface area (TPSA) is 58.4 Å². The molecule has 7 heteroatoms. The molecule has 0 N–H and O–H groups in total. The number of aromatic nitrogens is 2. The summed E-state index contributed by atoms with van der Waals surface area (Å²) in [6, 6.07) is 7.43. The van der Waals surface area contributed by atoms with E-state index in [0.717, 1.165) is 57.5 Å². The molecule has 0 atom stereocenters. The van der Waals surface area contributed by atoms with E-state index in [2.05, 4.69) is 5.10 Å². The van der Waals surface area contributed by atoms with Crippen molar-refractivity contribution in [1.82, 2.24) is 19.6 Å². The molecule has 2 saturated heterocycles. The van der Waals surface area contributed by atoms with Gasteiger partial charge >= 0.3 is 0 Å². The summed E-state index contributed by atoms with van der Waals surface area (Å²) in [5.74, 6) is 0.777. The van der Waals surface area contributed by atoms with Crippen LogP contribution in [0.1, 0.15) is 42.5 Å². The number of piperidine rings is 2. The van der Waals surface area contributed by atoms with E-state index in [1.165, 1.54) is 0 Å². The van der Waals surface area contributed by atoms with Crippen molar-refractivity contribution in [2.24, 2.45) is 5.92 Å². The van der Waals surface area contributed by atoms with Crippen LogP contribution in [0, 0.1) is 5.92 Å². The molecule has 0 bridgehead atoms. The predicted octanol–water partition coefficient (Wildman–Crippen LogP) is 3.39. The molecule has 0 saturated carbocycles. The molecular formula is C21H25ClN4O2. The van der Waals surface area contributed by atoms with Crippen LogP contribution in [-0.2, 0) is 4.79 Å². The van der Waals surface area contributed by atoms with Gasteiger partial charge in [-0.1, -0.05) is 23.7 Å². The molecule has 6 nitrogen and oxygen atoms in total. The van der Waals surface area contributed by atoms with Crippen molar-refractivity contribution >= 4 is 23.4 Å². The van der Waals surface area contributed by atoms with Crippen LogP contribution in [-0.4, -0.2) is 57.6 Å². The molecule has 2 fully saturated rings. The van der Waals surface area contributed by atoms with Gasteiger partial charge in [-0.15, -0.1) is 0 Å². The Balaban J connectivity index is 1.34. The van der Waals surface area contributed by atoms with E-state index in [4.69, 9.17) is 11.6 Å². The van der Waals surface area contributed by atoms with E-state index in [1.807, 2.05) is 28.0 Å². The number of para-hydroxylation sites is 1. The Morgan fingerprint density at radius 3 is 2.68 bits per heavy atom. The molecule has 2 aliphatic heterocycles. The van der Waals surface area contributed by atoms with Gasteiger partial charge in [-0.25, -0.2) is 4.68 Å². The number of halogens is 1. The Labute approximate surface area is 170 Å². The molecule has 0 spiro atoms. The zero-order chi connectivity index (χ0) is 19.5. The highest BCUT2D eigenvalue weighted by atomic mass is 35.5. The molecule has 0 radical (unpaired) electrons. The van der Waals surface area contributed by atoms with Crippen molar-refractivity contribution in [3.63, 3.8) is 0 Å². The number of rotatable bonds is 4. The minimum atomic E-state index is 0.00537. The van der Waals surface area contributed by atoms with Gasteiger partial charge in [0.1, 0.15) is 0 Å². The molecular weight excluding hydrogens is 376 g/mol. The normalized spacial score (nSPS) is 18.5. The highest BCUT2D eigenvalue weighted by Crippen LogP contribution is 2.23. The summed E-state index contributed by atoms with van der Waals surface area (Å²) in [6.45, 7) is 3.18. The molecule has 2 aromatic rings. The highest BCUT2D eigenvalue weighted by molar-refractivity contribution is 6.32. The number of benzene rings is 1. The molecule has 148 valence electrons. The molecule has 28 heavy (non-hydrogen) atoms. The van der Waals surface area contributed by atoms with Crippen molar-refractivity contribution in [3.8, 4) is 5.69 Å². The van der Waals surface area contributed by atoms with Gasteiger partial charge in [-0.2, -0.15) is 5.10 Å². The third-order valence-corrected chi connectivity index (χ3v) is 6.05. The Bertz CT molecular complexity index is 858. The third kappa shape index (κ3) is 4.07. The fraction of sp³-hybridized carbons (Fsp3) is 0.476. The summed E-state index contributed by atoms with van der Waals surface area (Å²) in [6.07, 6.45) is 8.03. The van der Waals surface area contributed by atoms with Crippen molar-refractivity contribution in [1.29, 1.82) is 0 Å². The Morgan fingerprint density at radius 1 is 1.14 bits per heavy atom. The zero-order valence-electron chi connectivity index (χ0n) is 15.9. The monoisotopic (exact) mass is 400 g/mol. The van der Waals surface area contributed by atoms with E-state index >= 15 is 0 Å². The first-order chi connectivity index (χ1) is 13.6. The first-order valence-electron chi connectivity index (χ1n) is 9.98. The van der Waals surface area contributed by atoms with Gasteiger partial charge in [0.25, 0.3) is 5.91 Å². The Morgan fingerprint density at radius 2 is 1.93 bits per heavy atom. The fourth-order valence-electron chi connectivity index (χ4n) is 4.07.